The summed E-state index contributed by atoms with van der Waals surface area (Å²) >= 11 is 0. The lowest BCUT2D eigenvalue weighted by Crippen LogP contribution is -2.31. The van der Waals surface area contributed by atoms with Gasteiger partial charge in [-0.05, 0) is 37.9 Å². The van der Waals surface area contributed by atoms with Crippen LogP contribution in [0.3, 0.4) is 0 Å². The van der Waals surface area contributed by atoms with E-state index in [0.29, 0.717) is 12.5 Å². The maximum Gasteiger partial charge on any atom is 0.211 e. The maximum absolute atomic E-state index is 11.4. The molecule has 5 nitrogen and oxygen atoms in total. The van der Waals surface area contributed by atoms with Crippen LogP contribution in [-0.4, -0.2) is 38.7 Å². The summed E-state index contributed by atoms with van der Waals surface area (Å²) in [5.41, 5.74) is 0. The van der Waals surface area contributed by atoms with Gasteiger partial charge in [-0.1, -0.05) is 0 Å². The lowest BCUT2D eigenvalue weighted by atomic mass is 10.1. The van der Waals surface area contributed by atoms with Gasteiger partial charge in [0.1, 0.15) is 5.76 Å². The number of hydrogen-bond donors (Lipinski definition) is 1. The summed E-state index contributed by atoms with van der Waals surface area (Å²) in [6.45, 7) is 4.93. The van der Waals surface area contributed by atoms with Gasteiger partial charge in [0.15, 0.2) is 0 Å². The predicted molar refractivity (Wildman–Crippen MR) is 69.6 cm³/mol. The van der Waals surface area contributed by atoms with Crippen LogP contribution in [0.1, 0.15) is 19.1 Å². The van der Waals surface area contributed by atoms with Crippen molar-refractivity contribution in [3.8, 4) is 0 Å². The minimum atomic E-state index is -3.06. The second-order valence-corrected chi connectivity index (χ2v) is 6.82. The summed E-state index contributed by atoms with van der Waals surface area (Å²) in [5.74, 6) is 1.52. The van der Waals surface area contributed by atoms with Crippen LogP contribution in [0.25, 0.3) is 0 Å². The Morgan fingerprint density at radius 1 is 1.56 bits per heavy atom. The Labute approximate surface area is 108 Å². The van der Waals surface area contributed by atoms with Crippen molar-refractivity contribution in [2.75, 3.05) is 25.4 Å². The van der Waals surface area contributed by atoms with E-state index in [4.69, 9.17) is 4.42 Å². The zero-order chi connectivity index (χ0) is 13.0. The molecule has 0 bridgehead atoms. The van der Waals surface area contributed by atoms with E-state index in [1.807, 2.05) is 12.1 Å². The van der Waals surface area contributed by atoms with Gasteiger partial charge in [-0.25, -0.2) is 13.1 Å². The highest BCUT2D eigenvalue weighted by molar-refractivity contribution is 7.89. The van der Waals surface area contributed by atoms with Gasteiger partial charge in [-0.3, -0.25) is 4.90 Å². The first-order chi connectivity index (χ1) is 8.59. The molecular formula is C12H20N2O3S. The van der Waals surface area contributed by atoms with E-state index in [9.17, 15) is 8.42 Å². The number of rotatable bonds is 6. The van der Waals surface area contributed by atoms with Crippen molar-refractivity contribution in [1.29, 1.82) is 0 Å². The summed E-state index contributed by atoms with van der Waals surface area (Å²) < 4.78 is 30.7. The highest BCUT2D eigenvalue weighted by Gasteiger charge is 2.24. The molecule has 1 saturated heterocycles. The van der Waals surface area contributed by atoms with Crippen molar-refractivity contribution >= 4 is 10.0 Å². The Morgan fingerprint density at radius 3 is 3.06 bits per heavy atom. The van der Waals surface area contributed by atoms with Gasteiger partial charge in [0.05, 0.1) is 18.6 Å². The van der Waals surface area contributed by atoms with Crippen molar-refractivity contribution in [3.63, 3.8) is 0 Å². The summed E-state index contributed by atoms with van der Waals surface area (Å²) in [7, 11) is -3.06. The number of hydrogen-bond acceptors (Lipinski definition) is 4. The molecule has 1 fully saturated rings. The Balaban J connectivity index is 1.75. The molecule has 0 saturated carbocycles. The highest BCUT2D eigenvalue weighted by Crippen LogP contribution is 2.18. The normalized spacial score (nSPS) is 21.5. The number of furan rings is 1. The molecule has 0 amide bonds. The van der Waals surface area contributed by atoms with Crippen LogP contribution in [0.15, 0.2) is 22.8 Å². The fraction of sp³-hybridized carbons (Fsp3) is 0.667. The van der Waals surface area contributed by atoms with Gasteiger partial charge in [0.2, 0.25) is 10.0 Å². The van der Waals surface area contributed by atoms with E-state index >= 15 is 0 Å². The van der Waals surface area contributed by atoms with E-state index in [0.717, 1.165) is 31.8 Å². The molecule has 1 aliphatic heterocycles. The third kappa shape index (κ3) is 3.83. The molecule has 102 valence electrons. The van der Waals surface area contributed by atoms with Crippen molar-refractivity contribution in [3.05, 3.63) is 24.2 Å². The molecule has 1 aromatic heterocycles. The molecule has 0 radical (unpaired) electrons. The first kappa shape index (κ1) is 13.6. The summed E-state index contributed by atoms with van der Waals surface area (Å²) in [6.07, 6.45) is 2.71. The fourth-order valence-electron chi connectivity index (χ4n) is 2.19. The lowest BCUT2D eigenvalue weighted by Gasteiger charge is -2.14. The van der Waals surface area contributed by atoms with Crippen molar-refractivity contribution < 1.29 is 12.8 Å². The largest absolute Gasteiger partial charge is 0.468 e. The number of nitrogens with one attached hydrogen (secondary N) is 1. The van der Waals surface area contributed by atoms with Crippen molar-refractivity contribution in [1.82, 2.24) is 9.62 Å². The Morgan fingerprint density at radius 2 is 2.39 bits per heavy atom. The predicted octanol–water partition coefficient (Wildman–Crippen LogP) is 1.04. The van der Waals surface area contributed by atoms with Crippen molar-refractivity contribution in [2.24, 2.45) is 5.92 Å². The summed E-state index contributed by atoms with van der Waals surface area (Å²) in [4.78, 5) is 2.30. The molecule has 6 heteroatoms. The van der Waals surface area contributed by atoms with E-state index in [1.165, 1.54) is 0 Å². The maximum atomic E-state index is 11.4. The lowest BCUT2D eigenvalue weighted by molar-refractivity contribution is 0.286. The molecule has 2 rings (SSSR count). The van der Waals surface area contributed by atoms with Gasteiger partial charge in [0, 0.05) is 13.1 Å². The minimum Gasteiger partial charge on any atom is -0.468 e. The smallest absolute Gasteiger partial charge is 0.211 e. The molecule has 0 aromatic carbocycles. The molecule has 0 unspecified atom stereocenters. The number of nitrogens with zero attached hydrogens (tertiary/aromatic N) is 1. The van der Waals surface area contributed by atoms with Crippen LogP contribution in [0.4, 0.5) is 0 Å². The van der Waals surface area contributed by atoms with Gasteiger partial charge < -0.3 is 4.42 Å². The standard InChI is InChI=1S/C12H20N2O3S/c1-2-18(15,16)13-8-11-5-6-14(9-11)10-12-4-3-7-17-12/h3-4,7,11,13H,2,5-6,8-10H2,1H3/t11-/m1/s1. The second kappa shape index (κ2) is 5.86. The zero-order valence-electron chi connectivity index (χ0n) is 10.6. The van der Waals surface area contributed by atoms with E-state index < -0.39 is 10.0 Å². The molecule has 18 heavy (non-hydrogen) atoms. The molecule has 1 aromatic rings. The topological polar surface area (TPSA) is 62.6 Å². The number of likely N-dealkylation sites (tertiary alicyclic amines) is 1. The van der Waals surface area contributed by atoms with Gasteiger partial charge >= 0.3 is 0 Å². The van der Waals surface area contributed by atoms with Crippen LogP contribution in [0, 0.1) is 5.92 Å². The molecule has 1 atom stereocenters. The molecule has 0 spiro atoms. The Bertz CT molecular complexity index is 456. The van der Waals surface area contributed by atoms with Crippen LogP contribution < -0.4 is 4.72 Å². The Kier molecular flexibility index (Phi) is 4.42. The van der Waals surface area contributed by atoms with Crippen molar-refractivity contribution in [2.45, 2.75) is 19.9 Å². The first-order valence-electron chi connectivity index (χ1n) is 6.31. The molecule has 1 N–H and O–H groups in total. The molecule has 0 aliphatic carbocycles. The van der Waals surface area contributed by atoms with Crippen LogP contribution in [0.5, 0.6) is 0 Å². The zero-order valence-corrected chi connectivity index (χ0v) is 11.4. The first-order valence-corrected chi connectivity index (χ1v) is 7.96. The van der Waals surface area contributed by atoms with Crippen LogP contribution in [-0.2, 0) is 16.6 Å². The second-order valence-electron chi connectivity index (χ2n) is 4.72. The average molecular weight is 272 g/mol. The summed E-state index contributed by atoms with van der Waals surface area (Å²) in [5, 5.41) is 0. The molecule has 1 aliphatic rings. The molecular weight excluding hydrogens is 252 g/mol. The third-order valence-corrected chi connectivity index (χ3v) is 4.67. The fourth-order valence-corrected chi connectivity index (χ4v) is 2.89. The molecule has 2 heterocycles. The monoisotopic (exact) mass is 272 g/mol. The third-order valence-electron chi connectivity index (χ3n) is 3.30. The number of sulfonamides is 1. The van der Waals surface area contributed by atoms with Crippen LogP contribution >= 0.6 is 0 Å². The van der Waals surface area contributed by atoms with Gasteiger partial charge in [0.25, 0.3) is 0 Å². The van der Waals surface area contributed by atoms with Gasteiger partial charge in [-0.2, -0.15) is 0 Å². The Hall–Kier alpha value is -0.850. The average Bonchev–Trinajstić information content (AvgIpc) is 2.99. The quantitative estimate of drug-likeness (QED) is 0.840. The SMILES string of the molecule is CCS(=O)(=O)NC[C@H]1CCN(Cc2ccco2)C1. The minimum absolute atomic E-state index is 0.149. The van der Waals surface area contributed by atoms with E-state index in [-0.39, 0.29) is 5.75 Å². The van der Waals surface area contributed by atoms with Gasteiger partial charge in [-0.15, -0.1) is 0 Å². The van der Waals surface area contributed by atoms with Crippen LogP contribution in [0.2, 0.25) is 0 Å². The van der Waals surface area contributed by atoms with E-state index in [2.05, 4.69) is 9.62 Å². The highest BCUT2D eigenvalue weighted by atomic mass is 32.2. The summed E-state index contributed by atoms with van der Waals surface area (Å²) in [6, 6.07) is 3.85. The van der Waals surface area contributed by atoms with E-state index in [1.54, 1.807) is 13.2 Å².